The third kappa shape index (κ3) is 2.93. The lowest BCUT2D eigenvalue weighted by Crippen LogP contribution is -2.04. The Kier molecular flexibility index (Phi) is 3.72. The molecule has 0 radical (unpaired) electrons. The number of halogens is 4. The van der Waals surface area contributed by atoms with E-state index in [4.69, 9.17) is 16.7 Å². The summed E-state index contributed by atoms with van der Waals surface area (Å²) in [5, 5.41) is 8.98. The summed E-state index contributed by atoms with van der Waals surface area (Å²) in [7, 11) is 0. The van der Waals surface area contributed by atoms with Gasteiger partial charge >= 0.3 is 12.1 Å². The van der Waals surface area contributed by atoms with Crippen molar-refractivity contribution in [1.29, 1.82) is 0 Å². The monoisotopic (exact) mass is 300 g/mol. The molecule has 2 nitrogen and oxygen atoms in total. The minimum atomic E-state index is -4.39. The summed E-state index contributed by atoms with van der Waals surface area (Å²) < 4.78 is 37.4. The van der Waals surface area contributed by atoms with Crippen LogP contribution in [0.25, 0.3) is 11.1 Å². The molecule has 0 amide bonds. The Morgan fingerprint density at radius 1 is 1.05 bits per heavy atom. The lowest BCUT2D eigenvalue weighted by Gasteiger charge is -2.09. The summed E-state index contributed by atoms with van der Waals surface area (Å²) in [6, 6.07) is 8.58. The third-order valence-electron chi connectivity index (χ3n) is 2.74. The van der Waals surface area contributed by atoms with Crippen LogP contribution in [-0.2, 0) is 6.18 Å². The zero-order chi connectivity index (χ0) is 14.9. The molecule has 104 valence electrons. The summed E-state index contributed by atoms with van der Waals surface area (Å²) in [4.78, 5) is 10.8. The molecule has 0 saturated carbocycles. The third-order valence-corrected chi connectivity index (χ3v) is 3.05. The van der Waals surface area contributed by atoms with Crippen LogP contribution in [0.3, 0.4) is 0 Å². The Labute approximate surface area is 117 Å². The molecule has 0 aliphatic carbocycles. The van der Waals surface area contributed by atoms with Gasteiger partial charge in [0.2, 0.25) is 0 Å². The Morgan fingerprint density at radius 2 is 1.65 bits per heavy atom. The molecule has 0 atom stereocenters. The lowest BCUT2D eigenvalue weighted by molar-refractivity contribution is -0.137. The number of benzene rings is 2. The number of hydrogen-bond donors (Lipinski definition) is 1. The number of rotatable bonds is 2. The van der Waals surface area contributed by atoms with Crippen LogP contribution < -0.4 is 0 Å². The first-order valence-corrected chi connectivity index (χ1v) is 5.87. The van der Waals surface area contributed by atoms with Crippen molar-refractivity contribution in [2.75, 3.05) is 0 Å². The highest BCUT2D eigenvalue weighted by atomic mass is 35.5. The first kappa shape index (κ1) is 14.4. The standard InChI is InChI=1S/C14H8ClF3O2/c15-12-7-9(13(19)20)3-6-11(12)8-1-4-10(5-2-8)14(16,17)18/h1-7H,(H,19,20). The number of carboxylic acids is 1. The van der Waals surface area contributed by atoms with Crippen molar-refractivity contribution in [2.45, 2.75) is 6.18 Å². The predicted octanol–water partition coefficient (Wildman–Crippen LogP) is 4.72. The van der Waals surface area contributed by atoms with E-state index in [1.807, 2.05) is 0 Å². The van der Waals surface area contributed by atoms with Crippen LogP contribution in [0.15, 0.2) is 42.5 Å². The zero-order valence-electron chi connectivity index (χ0n) is 9.91. The highest BCUT2D eigenvalue weighted by molar-refractivity contribution is 6.33. The van der Waals surface area contributed by atoms with Crippen LogP contribution in [0.1, 0.15) is 15.9 Å². The van der Waals surface area contributed by atoms with Crippen LogP contribution in [-0.4, -0.2) is 11.1 Å². The van der Waals surface area contributed by atoms with E-state index in [-0.39, 0.29) is 10.6 Å². The molecule has 2 aromatic rings. The van der Waals surface area contributed by atoms with E-state index in [0.29, 0.717) is 11.1 Å². The minimum absolute atomic E-state index is 0.0191. The number of carboxylic acid groups (broad SMARTS) is 1. The molecule has 6 heteroatoms. The first-order valence-electron chi connectivity index (χ1n) is 5.49. The Balaban J connectivity index is 2.40. The average molecular weight is 301 g/mol. The molecule has 2 aromatic carbocycles. The van der Waals surface area contributed by atoms with E-state index in [1.165, 1.54) is 30.3 Å². The van der Waals surface area contributed by atoms with E-state index < -0.39 is 17.7 Å². The highest BCUT2D eigenvalue weighted by Gasteiger charge is 2.30. The van der Waals surface area contributed by atoms with Crippen LogP contribution >= 0.6 is 11.6 Å². The lowest BCUT2D eigenvalue weighted by atomic mass is 10.0. The fourth-order valence-electron chi connectivity index (χ4n) is 1.72. The largest absolute Gasteiger partial charge is 0.478 e. The SMILES string of the molecule is O=C(O)c1ccc(-c2ccc(C(F)(F)F)cc2)c(Cl)c1. The number of alkyl halides is 3. The zero-order valence-corrected chi connectivity index (χ0v) is 10.7. The van der Waals surface area contributed by atoms with E-state index in [1.54, 1.807) is 0 Å². The second-order valence-electron chi connectivity index (χ2n) is 4.07. The maximum absolute atomic E-state index is 12.5. The Bertz CT molecular complexity index is 648. The van der Waals surface area contributed by atoms with Crippen molar-refractivity contribution in [3.8, 4) is 11.1 Å². The second-order valence-corrected chi connectivity index (χ2v) is 4.48. The maximum Gasteiger partial charge on any atom is 0.416 e. The average Bonchev–Trinajstić information content (AvgIpc) is 2.37. The van der Waals surface area contributed by atoms with Gasteiger partial charge in [-0.1, -0.05) is 29.8 Å². The summed E-state index contributed by atoms with van der Waals surface area (Å²) in [6.07, 6.45) is -4.39. The van der Waals surface area contributed by atoms with E-state index in [0.717, 1.165) is 12.1 Å². The van der Waals surface area contributed by atoms with Gasteiger partial charge < -0.3 is 5.11 Å². The van der Waals surface area contributed by atoms with Gasteiger partial charge in [-0.2, -0.15) is 13.2 Å². The second kappa shape index (κ2) is 5.17. The maximum atomic E-state index is 12.5. The van der Waals surface area contributed by atoms with Crippen molar-refractivity contribution in [2.24, 2.45) is 0 Å². The molecule has 0 fully saturated rings. The molecular formula is C14H8ClF3O2. The predicted molar refractivity (Wildman–Crippen MR) is 68.8 cm³/mol. The molecule has 0 aliphatic rings. The van der Waals surface area contributed by atoms with Gasteiger partial charge in [-0.25, -0.2) is 4.79 Å². The highest BCUT2D eigenvalue weighted by Crippen LogP contribution is 2.33. The summed E-state index contributed by atoms with van der Waals surface area (Å²) >= 11 is 5.95. The fourth-order valence-corrected chi connectivity index (χ4v) is 2.01. The van der Waals surface area contributed by atoms with E-state index in [2.05, 4.69) is 0 Å². The molecule has 0 unspecified atom stereocenters. The molecule has 0 saturated heterocycles. The van der Waals surface area contributed by atoms with Crippen molar-refractivity contribution in [1.82, 2.24) is 0 Å². The molecule has 2 rings (SSSR count). The van der Waals surface area contributed by atoms with Gasteiger partial charge in [0.15, 0.2) is 0 Å². The molecule has 20 heavy (non-hydrogen) atoms. The van der Waals surface area contributed by atoms with Gasteiger partial charge in [-0.3, -0.25) is 0 Å². The van der Waals surface area contributed by atoms with E-state index in [9.17, 15) is 18.0 Å². The topological polar surface area (TPSA) is 37.3 Å². The number of aromatic carboxylic acids is 1. The van der Waals surface area contributed by atoms with Crippen LogP contribution in [0.5, 0.6) is 0 Å². The van der Waals surface area contributed by atoms with Gasteiger partial charge in [0.05, 0.1) is 11.1 Å². The van der Waals surface area contributed by atoms with Gasteiger partial charge in [-0.05, 0) is 29.8 Å². The van der Waals surface area contributed by atoms with Crippen molar-refractivity contribution in [3.05, 3.63) is 58.6 Å². The smallest absolute Gasteiger partial charge is 0.416 e. The Hall–Kier alpha value is -2.01. The molecule has 0 bridgehead atoms. The van der Waals surface area contributed by atoms with Gasteiger partial charge in [-0.15, -0.1) is 0 Å². The molecule has 0 aliphatic heterocycles. The van der Waals surface area contributed by atoms with E-state index >= 15 is 0 Å². The normalized spacial score (nSPS) is 11.4. The Morgan fingerprint density at radius 3 is 2.10 bits per heavy atom. The molecule has 0 aromatic heterocycles. The fraction of sp³-hybridized carbons (Fsp3) is 0.0714. The molecular weight excluding hydrogens is 293 g/mol. The van der Waals surface area contributed by atoms with Crippen molar-refractivity contribution < 1.29 is 23.1 Å². The number of hydrogen-bond acceptors (Lipinski definition) is 1. The number of carbonyl (C=O) groups is 1. The van der Waals surface area contributed by atoms with Gasteiger partial charge in [0.25, 0.3) is 0 Å². The van der Waals surface area contributed by atoms with Crippen LogP contribution in [0, 0.1) is 0 Å². The van der Waals surface area contributed by atoms with Gasteiger partial charge in [0.1, 0.15) is 0 Å². The molecule has 0 spiro atoms. The summed E-state index contributed by atoms with van der Waals surface area (Å²) in [6.45, 7) is 0. The van der Waals surface area contributed by atoms with Crippen molar-refractivity contribution >= 4 is 17.6 Å². The molecule has 1 N–H and O–H groups in total. The van der Waals surface area contributed by atoms with Crippen LogP contribution in [0.2, 0.25) is 5.02 Å². The summed E-state index contributed by atoms with van der Waals surface area (Å²) in [5.74, 6) is -1.12. The van der Waals surface area contributed by atoms with Crippen LogP contribution in [0.4, 0.5) is 13.2 Å². The quantitative estimate of drug-likeness (QED) is 0.871. The molecule has 0 heterocycles. The van der Waals surface area contributed by atoms with Crippen molar-refractivity contribution in [3.63, 3.8) is 0 Å². The minimum Gasteiger partial charge on any atom is -0.478 e. The summed E-state index contributed by atoms with van der Waals surface area (Å²) in [5.41, 5.74) is 0.232. The van der Waals surface area contributed by atoms with Gasteiger partial charge in [0, 0.05) is 10.6 Å². The first-order chi connectivity index (χ1) is 9.29.